The van der Waals surface area contributed by atoms with Gasteiger partial charge < -0.3 is 10.6 Å². The van der Waals surface area contributed by atoms with Gasteiger partial charge in [-0.3, -0.25) is 4.98 Å². The number of hydrogen-bond acceptors (Lipinski definition) is 4. The first-order valence-corrected chi connectivity index (χ1v) is 5.55. The maximum Gasteiger partial charge on any atom is 0.147 e. The van der Waals surface area contributed by atoms with Gasteiger partial charge in [0.15, 0.2) is 0 Å². The van der Waals surface area contributed by atoms with E-state index in [2.05, 4.69) is 21.8 Å². The first-order valence-electron chi connectivity index (χ1n) is 5.55. The molecule has 1 atom stereocenters. The predicted octanol–water partition coefficient (Wildman–Crippen LogP) is 1.17. The molecule has 0 amide bonds. The fraction of sp³-hybridized carbons (Fsp3) is 0.636. The minimum atomic E-state index is 0.463. The SMILES string of the molecule is CC1CCCN(c2cncc(CN)n2)C1. The van der Waals surface area contributed by atoms with E-state index in [1.807, 2.05) is 6.20 Å². The minimum Gasteiger partial charge on any atom is -0.355 e. The molecule has 2 rings (SSSR count). The maximum atomic E-state index is 5.55. The third-order valence-electron chi connectivity index (χ3n) is 2.86. The Hall–Kier alpha value is -1.16. The molecule has 2 N–H and O–H groups in total. The lowest BCUT2D eigenvalue weighted by atomic mass is 10.0. The summed E-state index contributed by atoms with van der Waals surface area (Å²) in [6.45, 7) is 4.92. The fourth-order valence-corrected chi connectivity index (χ4v) is 2.04. The molecule has 0 radical (unpaired) electrons. The van der Waals surface area contributed by atoms with E-state index in [4.69, 9.17) is 5.73 Å². The summed E-state index contributed by atoms with van der Waals surface area (Å²) in [5.41, 5.74) is 6.42. The highest BCUT2D eigenvalue weighted by Crippen LogP contribution is 2.20. The molecule has 1 unspecified atom stereocenters. The van der Waals surface area contributed by atoms with Crippen LogP contribution < -0.4 is 10.6 Å². The lowest BCUT2D eigenvalue weighted by Gasteiger charge is -2.31. The molecule has 0 spiro atoms. The van der Waals surface area contributed by atoms with Crippen LogP contribution in [0.5, 0.6) is 0 Å². The largest absolute Gasteiger partial charge is 0.355 e. The van der Waals surface area contributed by atoms with E-state index >= 15 is 0 Å². The van der Waals surface area contributed by atoms with Gasteiger partial charge in [0.05, 0.1) is 11.9 Å². The van der Waals surface area contributed by atoms with E-state index in [1.165, 1.54) is 12.8 Å². The summed E-state index contributed by atoms with van der Waals surface area (Å²) in [6.07, 6.45) is 6.13. The summed E-state index contributed by atoms with van der Waals surface area (Å²) in [4.78, 5) is 11.0. The van der Waals surface area contributed by atoms with Gasteiger partial charge in [-0.15, -0.1) is 0 Å². The monoisotopic (exact) mass is 206 g/mol. The Morgan fingerprint density at radius 2 is 2.40 bits per heavy atom. The van der Waals surface area contributed by atoms with Crippen LogP contribution in [-0.2, 0) is 6.54 Å². The van der Waals surface area contributed by atoms with Crippen molar-refractivity contribution in [3.05, 3.63) is 18.1 Å². The van der Waals surface area contributed by atoms with Crippen molar-refractivity contribution in [2.24, 2.45) is 11.7 Å². The molecular weight excluding hydrogens is 188 g/mol. The van der Waals surface area contributed by atoms with Gasteiger partial charge >= 0.3 is 0 Å². The molecule has 4 heteroatoms. The highest BCUT2D eigenvalue weighted by atomic mass is 15.2. The molecule has 1 aromatic rings. The smallest absolute Gasteiger partial charge is 0.147 e. The van der Waals surface area contributed by atoms with Crippen molar-refractivity contribution in [3.63, 3.8) is 0 Å². The number of aromatic nitrogens is 2. The summed E-state index contributed by atoms with van der Waals surface area (Å²) in [7, 11) is 0. The Labute approximate surface area is 90.5 Å². The molecule has 2 heterocycles. The molecule has 1 saturated heterocycles. The van der Waals surface area contributed by atoms with Crippen LogP contribution in [0.4, 0.5) is 5.82 Å². The molecule has 82 valence electrons. The Balaban J connectivity index is 2.13. The third-order valence-corrected chi connectivity index (χ3v) is 2.86. The highest BCUT2D eigenvalue weighted by Gasteiger charge is 2.17. The molecular formula is C11H18N4. The van der Waals surface area contributed by atoms with Crippen LogP contribution in [0.15, 0.2) is 12.4 Å². The Morgan fingerprint density at radius 3 is 3.13 bits per heavy atom. The van der Waals surface area contributed by atoms with E-state index in [9.17, 15) is 0 Å². The van der Waals surface area contributed by atoms with Crippen molar-refractivity contribution in [3.8, 4) is 0 Å². The third kappa shape index (κ3) is 2.45. The average molecular weight is 206 g/mol. The van der Waals surface area contributed by atoms with E-state index < -0.39 is 0 Å². The molecule has 0 saturated carbocycles. The van der Waals surface area contributed by atoms with Crippen LogP contribution in [-0.4, -0.2) is 23.1 Å². The van der Waals surface area contributed by atoms with E-state index in [0.29, 0.717) is 6.54 Å². The van der Waals surface area contributed by atoms with Crippen molar-refractivity contribution in [2.75, 3.05) is 18.0 Å². The van der Waals surface area contributed by atoms with Crippen LogP contribution in [0.25, 0.3) is 0 Å². The summed E-state index contributed by atoms with van der Waals surface area (Å²) in [6, 6.07) is 0. The number of hydrogen-bond donors (Lipinski definition) is 1. The lowest BCUT2D eigenvalue weighted by Crippen LogP contribution is -2.35. The molecule has 1 fully saturated rings. The van der Waals surface area contributed by atoms with Crippen molar-refractivity contribution < 1.29 is 0 Å². The topological polar surface area (TPSA) is 55.0 Å². The van der Waals surface area contributed by atoms with Gasteiger partial charge in [-0.2, -0.15) is 0 Å². The average Bonchev–Trinajstić information content (AvgIpc) is 2.29. The second-order valence-corrected chi connectivity index (χ2v) is 4.27. The first kappa shape index (κ1) is 10.4. The summed E-state index contributed by atoms with van der Waals surface area (Å²) in [5, 5.41) is 0. The zero-order chi connectivity index (χ0) is 10.7. The fourth-order valence-electron chi connectivity index (χ4n) is 2.04. The van der Waals surface area contributed by atoms with Gasteiger partial charge in [-0.25, -0.2) is 4.98 Å². The molecule has 0 bridgehead atoms. The maximum absolute atomic E-state index is 5.55. The quantitative estimate of drug-likeness (QED) is 0.789. The predicted molar refractivity (Wildman–Crippen MR) is 60.5 cm³/mol. The normalized spacial score (nSPS) is 21.7. The summed E-state index contributed by atoms with van der Waals surface area (Å²) >= 11 is 0. The van der Waals surface area contributed by atoms with E-state index in [0.717, 1.165) is 30.5 Å². The Bertz CT molecular complexity index is 326. The molecule has 1 aliphatic rings. The number of nitrogens with two attached hydrogens (primary N) is 1. The lowest BCUT2D eigenvalue weighted by molar-refractivity contribution is 0.444. The highest BCUT2D eigenvalue weighted by molar-refractivity contribution is 5.36. The van der Waals surface area contributed by atoms with Gasteiger partial charge in [-0.05, 0) is 18.8 Å². The number of nitrogens with zero attached hydrogens (tertiary/aromatic N) is 3. The van der Waals surface area contributed by atoms with Crippen LogP contribution in [0, 0.1) is 5.92 Å². The van der Waals surface area contributed by atoms with Crippen molar-refractivity contribution >= 4 is 5.82 Å². The molecule has 1 aliphatic heterocycles. The van der Waals surface area contributed by atoms with Gasteiger partial charge in [0.25, 0.3) is 0 Å². The van der Waals surface area contributed by atoms with Crippen LogP contribution in [0.1, 0.15) is 25.5 Å². The van der Waals surface area contributed by atoms with Crippen LogP contribution in [0.2, 0.25) is 0 Å². The standard InChI is InChI=1S/C11H18N4/c1-9-3-2-4-15(8-9)11-7-13-6-10(5-12)14-11/h6-7,9H,2-5,8,12H2,1H3. The zero-order valence-corrected chi connectivity index (χ0v) is 9.19. The second kappa shape index (κ2) is 4.57. The minimum absolute atomic E-state index is 0.463. The van der Waals surface area contributed by atoms with Crippen molar-refractivity contribution in [1.29, 1.82) is 0 Å². The Morgan fingerprint density at radius 1 is 1.53 bits per heavy atom. The number of piperidine rings is 1. The van der Waals surface area contributed by atoms with E-state index in [1.54, 1.807) is 6.20 Å². The van der Waals surface area contributed by atoms with Crippen molar-refractivity contribution in [1.82, 2.24) is 9.97 Å². The van der Waals surface area contributed by atoms with Crippen LogP contribution in [0.3, 0.4) is 0 Å². The van der Waals surface area contributed by atoms with E-state index in [-0.39, 0.29) is 0 Å². The second-order valence-electron chi connectivity index (χ2n) is 4.27. The van der Waals surface area contributed by atoms with Gasteiger partial charge in [0.2, 0.25) is 0 Å². The molecule has 0 aromatic carbocycles. The van der Waals surface area contributed by atoms with Gasteiger partial charge in [0, 0.05) is 25.8 Å². The number of rotatable bonds is 2. The van der Waals surface area contributed by atoms with Gasteiger partial charge in [0.1, 0.15) is 5.82 Å². The van der Waals surface area contributed by atoms with Crippen LogP contribution >= 0.6 is 0 Å². The van der Waals surface area contributed by atoms with Gasteiger partial charge in [-0.1, -0.05) is 6.92 Å². The molecule has 15 heavy (non-hydrogen) atoms. The van der Waals surface area contributed by atoms with Crippen molar-refractivity contribution in [2.45, 2.75) is 26.3 Å². The molecule has 4 nitrogen and oxygen atoms in total. The molecule has 0 aliphatic carbocycles. The first-order chi connectivity index (χ1) is 7.29. The zero-order valence-electron chi connectivity index (χ0n) is 9.19. The number of anilines is 1. The Kier molecular flexibility index (Phi) is 3.16. The summed E-state index contributed by atoms with van der Waals surface area (Å²) in [5.74, 6) is 1.73. The summed E-state index contributed by atoms with van der Waals surface area (Å²) < 4.78 is 0. The molecule has 1 aromatic heterocycles.